The predicted molar refractivity (Wildman–Crippen MR) is 68.4 cm³/mol. The van der Waals surface area contributed by atoms with Gasteiger partial charge in [-0.3, -0.25) is 14.5 Å². The second-order valence-corrected chi connectivity index (χ2v) is 4.97. The number of ketones is 1. The van der Waals surface area contributed by atoms with Crippen molar-refractivity contribution in [2.75, 3.05) is 26.2 Å². The van der Waals surface area contributed by atoms with Crippen LogP contribution in [0.1, 0.15) is 24.8 Å². The molecule has 19 heavy (non-hydrogen) atoms. The third kappa shape index (κ3) is 3.89. The normalized spacial score (nSPS) is 16.6. The number of rotatable bonds is 4. The first-order valence-corrected chi connectivity index (χ1v) is 6.46. The average molecular weight is 265 g/mol. The third-order valence-corrected chi connectivity index (χ3v) is 3.18. The SMILES string of the molecule is CC(=O)CC(=O)N1CCN(Cc2cc(C)no2)CC1. The number of Topliss-reactive ketones (excluding diaryl/α,β-unsaturated/α-hetero) is 1. The highest BCUT2D eigenvalue weighted by Gasteiger charge is 2.22. The lowest BCUT2D eigenvalue weighted by atomic mass is 10.2. The lowest BCUT2D eigenvalue weighted by molar-refractivity contribution is -0.136. The van der Waals surface area contributed by atoms with Gasteiger partial charge in [0.1, 0.15) is 5.78 Å². The number of carbonyl (C=O) groups excluding carboxylic acids is 2. The number of aryl methyl sites for hydroxylation is 1. The van der Waals surface area contributed by atoms with Crippen LogP contribution in [0.5, 0.6) is 0 Å². The van der Waals surface area contributed by atoms with Crippen LogP contribution in [-0.2, 0) is 16.1 Å². The Kier molecular flexibility index (Phi) is 4.31. The minimum Gasteiger partial charge on any atom is -0.360 e. The quantitative estimate of drug-likeness (QED) is 0.746. The first-order valence-electron chi connectivity index (χ1n) is 6.46. The molecule has 0 unspecified atom stereocenters. The molecule has 1 fully saturated rings. The van der Waals surface area contributed by atoms with Gasteiger partial charge in [-0.25, -0.2) is 0 Å². The van der Waals surface area contributed by atoms with Gasteiger partial charge >= 0.3 is 0 Å². The molecule has 1 amide bonds. The van der Waals surface area contributed by atoms with Crippen molar-refractivity contribution >= 4 is 11.7 Å². The van der Waals surface area contributed by atoms with E-state index < -0.39 is 0 Å². The van der Waals surface area contributed by atoms with Crippen molar-refractivity contribution in [2.45, 2.75) is 26.8 Å². The van der Waals surface area contributed by atoms with Gasteiger partial charge in [0.2, 0.25) is 5.91 Å². The lowest BCUT2D eigenvalue weighted by Gasteiger charge is -2.34. The predicted octanol–water partition coefficient (Wildman–Crippen LogP) is 0.606. The van der Waals surface area contributed by atoms with Gasteiger partial charge in [0.15, 0.2) is 5.76 Å². The summed E-state index contributed by atoms with van der Waals surface area (Å²) >= 11 is 0. The molecule has 6 nitrogen and oxygen atoms in total. The van der Waals surface area contributed by atoms with Gasteiger partial charge in [0, 0.05) is 32.2 Å². The standard InChI is InChI=1S/C13H19N3O3/c1-10-7-12(19-14-10)9-15-3-5-16(6-4-15)13(18)8-11(2)17/h7H,3-6,8-9H2,1-2H3. The Balaban J connectivity index is 1.79. The molecule has 104 valence electrons. The van der Waals surface area contributed by atoms with E-state index in [0.717, 1.165) is 31.1 Å². The highest BCUT2D eigenvalue weighted by atomic mass is 16.5. The molecule has 0 saturated carbocycles. The number of hydrogen-bond donors (Lipinski definition) is 0. The minimum atomic E-state index is -0.0791. The summed E-state index contributed by atoms with van der Waals surface area (Å²) in [6, 6.07) is 1.92. The number of aromatic nitrogens is 1. The molecule has 6 heteroatoms. The van der Waals surface area contributed by atoms with Crippen molar-refractivity contribution in [3.63, 3.8) is 0 Å². The summed E-state index contributed by atoms with van der Waals surface area (Å²) in [7, 11) is 0. The van der Waals surface area contributed by atoms with Gasteiger partial charge in [-0.1, -0.05) is 5.16 Å². The van der Waals surface area contributed by atoms with Gasteiger partial charge in [-0.05, 0) is 13.8 Å². The summed E-state index contributed by atoms with van der Waals surface area (Å²) in [6.07, 6.45) is 0.0152. The summed E-state index contributed by atoms with van der Waals surface area (Å²) in [4.78, 5) is 26.6. The van der Waals surface area contributed by atoms with Crippen LogP contribution < -0.4 is 0 Å². The van der Waals surface area contributed by atoms with E-state index in [1.54, 1.807) is 4.90 Å². The maximum absolute atomic E-state index is 11.7. The van der Waals surface area contributed by atoms with E-state index in [-0.39, 0.29) is 18.1 Å². The number of carbonyl (C=O) groups is 2. The van der Waals surface area contributed by atoms with Crippen LogP contribution in [0.4, 0.5) is 0 Å². The number of amides is 1. The fraction of sp³-hybridized carbons (Fsp3) is 0.615. The zero-order valence-electron chi connectivity index (χ0n) is 11.4. The Labute approximate surface area is 112 Å². The molecule has 2 rings (SSSR count). The summed E-state index contributed by atoms with van der Waals surface area (Å²) < 4.78 is 5.18. The molecule has 2 heterocycles. The molecule has 0 atom stereocenters. The molecule has 0 bridgehead atoms. The summed E-state index contributed by atoms with van der Waals surface area (Å²) in [5, 5.41) is 3.85. The summed E-state index contributed by atoms with van der Waals surface area (Å²) in [6.45, 7) is 6.98. The van der Waals surface area contributed by atoms with Crippen LogP contribution in [-0.4, -0.2) is 52.8 Å². The molecular weight excluding hydrogens is 246 g/mol. The Morgan fingerprint density at radius 3 is 2.53 bits per heavy atom. The second kappa shape index (κ2) is 5.97. The first-order chi connectivity index (χ1) is 9.04. The largest absolute Gasteiger partial charge is 0.360 e. The molecule has 1 aliphatic heterocycles. The van der Waals surface area contributed by atoms with E-state index in [4.69, 9.17) is 4.52 Å². The Morgan fingerprint density at radius 2 is 2.00 bits per heavy atom. The third-order valence-electron chi connectivity index (χ3n) is 3.18. The Bertz CT molecular complexity index is 461. The van der Waals surface area contributed by atoms with Crippen LogP contribution in [0.3, 0.4) is 0 Å². The van der Waals surface area contributed by atoms with Crippen molar-refractivity contribution in [1.82, 2.24) is 15.0 Å². The van der Waals surface area contributed by atoms with Crippen LogP contribution in [0.2, 0.25) is 0 Å². The maximum Gasteiger partial charge on any atom is 0.230 e. The topological polar surface area (TPSA) is 66.7 Å². The highest BCUT2D eigenvalue weighted by Crippen LogP contribution is 2.10. The van der Waals surface area contributed by atoms with Crippen LogP contribution >= 0.6 is 0 Å². The summed E-state index contributed by atoms with van der Waals surface area (Å²) in [5.74, 6) is 0.702. The second-order valence-electron chi connectivity index (χ2n) is 4.97. The molecule has 0 radical (unpaired) electrons. The van der Waals surface area contributed by atoms with Gasteiger partial charge < -0.3 is 9.42 Å². The van der Waals surface area contributed by atoms with Gasteiger partial charge in [0.25, 0.3) is 0 Å². The first kappa shape index (κ1) is 13.7. The van der Waals surface area contributed by atoms with E-state index in [2.05, 4.69) is 10.1 Å². The molecule has 1 saturated heterocycles. The lowest BCUT2D eigenvalue weighted by Crippen LogP contribution is -2.48. The van der Waals surface area contributed by atoms with Crippen LogP contribution in [0, 0.1) is 6.92 Å². The van der Waals surface area contributed by atoms with Gasteiger partial charge in [-0.2, -0.15) is 0 Å². The van der Waals surface area contributed by atoms with Crippen molar-refractivity contribution in [3.05, 3.63) is 17.5 Å². The van der Waals surface area contributed by atoms with E-state index in [1.165, 1.54) is 6.92 Å². The molecule has 1 aliphatic rings. The van der Waals surface area contributed by atoms with Crippen LogP contribution in [0.15, 0.2) is 10.6 Å². The number of hydrogen-bond acceptors (Lipinski definition) is 5. The Hall–Kier alpha value is -1.69. The smallest absolute Gasteiger partial charge is 0.230 e. The van der Waals surface area contributed by atoms with Crippen molar-refractivity contribution in [2.24, 2.45) is 0 Å². The minimum absolute atomic E-state index is 0.0152. The van der Waals surface area contributed by atoms with E-state index in [0.29, 0.717) is 13.1 Å². The maximum atomic E-state index is 11.7. The van der Waals surface area contributed by atoms with Crippen molar-refractivity contribution in [3.8, 4) is 0 Å². The monoisotopic (exact) mass is 265 g/mol. The van der Waals surface area contributed by atoms with E-state index in [9.17, 15) is 9.59 Å². The summed E-state index contributed by atoms with van der Waals surface area (Å²) in [5.41, 5.74) is 0.880. The highest BCUT2D eigenvalue weighted by molar-refractivity contribution is 5.96. The number of piperazine rings is 1. The van der Waals surface area contributed by atoms with Gasteiger partial charge in [-0.15, -0.1) is 0 Å². The zero-order chi connectivity index (χ0) is 13.8. The van der Waals surface area contributed by atoms with Crippen molar-refractivity contribution in [1.29, 1.82) is 0 Å². The van der Waals surface area contributed by atoms with E-state index >= 15 is 0 Å². The van der Waals surface area contributed by atoms with Gasteiger partial charge in [0.05, 0.1) is 18.7 Å². The fourth-order valence-electron chi connectivity index (χ4n) is 2.19. The molecule has 0 aromatic carbocycles. The zero-order valence-corrected chi connectivity index (χ0v) is 11.4. The molecule has 1 aromatic rings. The fourth-order valence-corrected chi connectivity index (χ4v) is 2.19. The molecule has 1 aromatic heterocycles. The molecule has 0 N–H and O–H groups in total. The average Bonchev–Trinajstić information content (AvgIpc) is 2.75. The molecule has 0 aliphatic carbocycles. The molecular formula is C13H19N3O3. The Morgan fingerprint density at radius 1 is 1.32 bits per heavy atom. The number of nitrogens with zero attached hydrogens (tertiary/aromatic N) is 3. The van der Waals surface area contributed by atoms with Crippen LogP contribution in [0.25, 0.3) is 0 Å². The van der Waals surface area contributed by atoms with Crippen molar-refractivity contribution < 1.29 is 14.1 Å². The molecule has 0 spiro atoms. The van der Waals surface area contributed by atoms with E-state index in [1.807, 2.05) is 13.0 Å².